The van der Waals surface area contributed by atoms with Crippen molar-refractivity contribution in [2.75, 3.05) is 47.1 Å². The van der Waals surface area contributed by atoms with Crippen molar-refractivity contribution in [2.45, 2.75) is 30.8 Å². The molecule has 19 heavy (non-hydrogen) atoms. The van der Waals surface area contributed by atoms with E-state index in [1.807, 2.05) is 0 Å². The zero-order chi connectivity index (χ0) is 13.5. The third kappa shape index (κ3) is 4.09. The van der Waals surface area contributed by atoms with Crippen molar-refractivity contribution in [3.05, 3.63) is 0 Å². The van der Waals surface area contributed by atoms with Crippen LogP contribution in [0.2, 0.25) is 0 Å². The van der Waals surface area contributed by atoms with E-state index in [4.69, 9.17) is 33.5 Å². The van der Waals surface area contributed by atoms with Crippen molar-refractivity contribution >= 4 is 0 Å². The lowest BCUT2D eigenvalue weighted by Crippen LogP contribution is -2.34. The normalized spacial score (nSPS) is 33.8. The smallest absolute Gasteiger partial charge is 0.147 e. The molecule has 4 atom stereocenters. The Balaban J connectivity index is 1.66. The Morgan fingerprint density at radius 2 is 1.68 bits per heavy atom. The molecule has 0 radical (unpaired) electrons. The first-order valence-corrected chi connectivity index (χ1v) is 6.50. The number of aliphatic hydroxyl groups excluding tert-OH is 1. The molecule has 1 N–H and O–H groups in total. The number of ether oxygens (including phenoxy) is 6. The van der Waals surface area contributed by atoms with Gasteiger partial charge in [-0.05, 0) is 6.42 Å². The van der Waals surface area contributed by atoms with Gasteiger partial charge < -0.3 is 33.5 Å². The highest BCUT2D eigenvalue weighted by atomic mass is 16.7. The second-order valence-electron chi connectivity index (χ2n) is 4.52. The SMILES string of the molecule is COCOC1COC2C(OCOCCCO)COC12. The summed E-state index contributed by atoms with van der Waals surface area (Å²) in [6, 6.07) is 0. The van der Waals surface area contributed by atoms with Gasteiger partial charge in [-0.1, -0.05) is 0 Å². The third-order valence-corrected chi connectivity index (χ3v) is 3.17. The highest BCUT2D eigenvalue weighted by Crippen LogP contribution is 2.30. The molecule has 2 heterocycles. The van der Waals surface area contributed by atoms with E-state index in [1.165, 1.54) is 0 Å². The maximum Gasteiger partial charge on any atom is 0.147 e. The summed E-state index contributed by atoms with van der Waals surface area (Å²) in [7, 11) is 1.58. The minimum Gasteiger partial charge on any atom is -0.396 e. The standard InChI is InChI=1S/C12H22O7/c1-14-7-18-9-5-16-12-10(6-17-11(9)12)19-8-15-4-2-3-13/h9-13H,2-8H2,1H3. The van der Waals surface area contributed by atoms with Gasteiger partial charge in [0.15, 0.2) is 0 Å². The van der Waals surface area contributed by atoms with Gasteiger partial charge in [0.25, 0.3) is 0 Å². The molecule has 0 aromatic carbocycles. The van der Waals surface area contributed by atoms with Gasteiger partial charge in [-0.2, -0.15) is 0 Å². The highest BCUT2D eigenvalue weighted by molar-refractivity contribution is 4.95. The average Bonchev–Trinajstić information content (AvgIpc) is 2.99. The molecule has 0 spiro atoms. The largest absolute Gasteiger partial charge is 0.396 e. The molecule has 0 amide bonds. The maximum atomic E-state index is 8.62. The van der Waals surface area contributed by atoms with E-state index in [0.29, 0.717) is 26.2 Å². The van der Waals surface area contributed by atoms with Crippen LogP contribution >= 0.6 is 0 Å². The molecule has 7 nitrogen and oxygen atoms in total. The van der Waals surface area contributed by atoms with Crippen LogP contribution in [0.4, 0.5) is 0 Å². The predicted molar refractivity (Wildman–Crippen MR) is 63.6 cm³/mol. The molecule has 7 heteroatoms. The van der Waals surface area contributed by atoms with Gasteiger partial charge in [-0.25, -0.2) is 0 Å². The second-order valence-corrected chi connectivity index (χ2v) is 4.52. The lowest BCUT2D eigenvalue weighted by molar-refractivity contribution is -0.126. The Kier molecular flexibility index (Phi) is 6.45. The second kappa shape index (κ2) is 8.11. The molecule has 0 aliphatic carbocycles. The number of hydrogen-bond acceptors (Lipinski definition) is 7. The Hall–Kier alpha value is -0.280. The molecule has 0 saturated carbocycles. The molecule has 0 aromatic heterocycles. The highest BCUT2D eigenvalue weighted by Gasteiger charge is 2.48. The van der Waals surface area contributed by atoms with Crippen molar-refractivity contribution in [2.24, 2.45) is 0 Å². The van der Waals surface area contributed by atoms with Gasteiger partial charge in [-0.3, -0.25) is 0 Å². The van der Waals surface area contributed by atoms with Crippen LogP contribution in [0.3, 0.4) is 0 Å². The summed E-state index contributed by atoms with van der Waals surface area (Å²) < 4.78 is 32.5. The topological polar surface area (TPSA) is 75.6 Å². The molecule has 112 valence electrons. The van der Waals surface area contributed by atoms with Gasteiger partial charge in [0.1, 0.15) is 38.0 Å². The fourth-order valence-electron chi connectivity index (χ4n) is 2.23. The molecule has 4 unspecified atom stereocenters. The zero-order valence-corrected chi connectivity index (χ0v) is 11.2. The molecule has 2 fully saturated rings. The number of hydrogen-bond donors (Lipinski definition) is 1. The number of methoxy groups -OCH3 is 1. The van der Waals surface area contributed by atoms with Gasteiger partial charge >= 0.3 is 0 Å². The van der Waals surface area contributed by atoms with Crippen LogP contribution < -0.4 is 0 Å². The molecule has 2 saturated heterocycles. The van der Waals surface area contributed by atoms with Crippen LogP contribution in [0, 0.1) is 0 Å². The van der Waals surface area contributed by atoms with Crippen molar-refractivity contribution in [3.63, 3.8) is 0 Å². The molecular weight excluding hydrogens is 256 g/mol. The summed E-state index contributed by atoms with van der Waals surface area (Å²) in [5.74, 6) is 0. The summed E-state index contributed by atoms with van der Waals surface area (Å²) in [6.45, 7) is 1.99. The minimum atomic E-state index is -0.129. The van der Waals surface area contributed by atoms with Crippen LogP contribution in [0.5, 0.6) is 0 Å². The third-order valence-electron chi connectivity index (χ3n) is 3.17. The van der Waals surface area contributed by atoms with E-state index >= 15 is 0 Å². The monoisotopic (exact) mass is 278 g/mol. The van der Waals surface area contributed by atoms with Crippen LogP contribution in [0.1, 0.15) is 6.42 Å². The minimum absolute atomic E-state index is 0.0995. The Bertz CT molecular complexity index is 250. The molecule has 2 aliphatic rings. The molecule has 0 bridgehead atoms. The first-order chi connectivity index (χ1) is 9.36. The summed E-state index contributed by atoms with van der Waals surface area (Å²) in [6.07, 6.45) is 0.171. The zero-order valence-electron chi connectivity index (χ0n) is 11.2. The van der Waals surface area contributed by atoms with Crippen molar-refractivity contribution in [1.82, 2.24) is 0 Å². The first-order valence-electron chi connectivity index (χ1n) is 6.50. The van der Waals surface area contributed by atoms with Crippen molar-refractivity contribution < 1.29 is 33.5 Å². The van der Waals surface area contributed by atoms with Gasteiger partial charge in [-0.15, -0.1) is 0 Å². The summed E-state index contributed by atoms with van der Waals surface area (Å²) in [5, 5.41) is 8.62. The van der Waals surface area contributed by atoms with Crippen LogP contribution in [-0.2, 0) is 28.4 Å². The van der Waals surface area contributed by atoms with E-state index < -0.39 is 0 Å². The first kappa shape index (κ1) is 15.1. The maximum absolute atomic E-state index is 8.62. The Labute approximate surface area is 112 Å². The fourth-order valence-corrected chi connectivity index (χ4v) is 2.23. The molecule has 2 rings (SSSR count). The van der Waals surface area contributed by atoms with Crippen molar-refractivity contribution in [3.8, 4) is 0 Å². The lowest BCUT2D eigenvalue weighted by atomic mass is 10.1. The molecule has 2 aliphatic heterocycles. The van der Waals surface area contributed by atoms with Gasteiger partial charge in [0.05, 0.1) is 19.8 Å². The number of fused-ring (bicyclic) bond motifs is 1. The summed E-state index contributed by atoms with van der Waals surface area (Å²) in [4.78, 5) is 0. The number of aliphatic hydroxyl groups is 1. The van der Waals surface area contributed by atoms with Crippen LogP contribution in [0.25, 0.3) is 0 Å². The fraction of sp³-hybridized carbons (Fsp3) is 1.00. The van der Waals surface area contributed by atoms with E-state index in [9.17, 15) is 0 Å². The molecular formula is C12H22O7. The number of rotatable bonds is 9. The van der Waals surface area contributed by atoms with Crippen molar-refractivity contribution in [1.29, 1.82) is 0 Å². The van der Waals surface area contributed by atoms with E-state index in [2.05, 4.69) is 0 Å². The van der Waals surface area contributed by atoms with Gasteiger partial charge in [0, 0.05) is 13.7 Å². The summed E-state index contributed by atoms with van der Waals surface area (Å²) in [5.41, 5.74) is 0. The van der Waals surface area contributed by atoms with Crippen LogP contribution in [0.15, 0.2) is 0 Å². The Morgan fingerprint density at radius 3 is 2.26 bits per heavy atom. The molecule has 0 aromatic rings. The van der Waals surface area contributed by atoms with Gasteiger partial charge in [0.2, 0.25) is 0 Å². The summed E-state index contributed by atoms with van der Waals surface area (Å²) >= 11 is 0. The van der Waals surface area contributed by atoms with E-state index in [1.54, 1.807) is 7.11 Å². The van der Waals surface area contributed by atoms with E-state index in [-0.39, 0.29) is 44.6 Å². The predicted octanol–water partition coefficient (Wildman–Crippen LogP) is -0.485. The lowest BCUT2D eigenvalue weighted by Gasteiger charge is -2.17. The van der Waals surface area contributed by atoms with E-state index in [0.717, 1.165) is 0 Å². The Morgan fingerprint density at radius 1 is 1.05 bits per heavy atom. The van der Waals surface area contributed by atoms with Crippen LogP contribution in [-0.4, -0.2) is 76.6 Å². The quantitative estimate of drug-likeness (QED) is 0.451. The average molecular weight is 278 g/mol.